The molecular formula is C21H22N6. The molecule has 0 unspecified atom stereocenters. The standard InChI is InChI=1S/C21H22N6/c1-14(2)18-12-15(3)22-21-24-19(25-27(18)21)10-11-20-23-17(13-26(20)4)16-8-6-5-7-9-16/h5-14H,1-4H3. The molecule has 0 aliphatic heterocycles. The Hall–Kier alpha value is -3.28. The van der Waals surface area contributed by atoms with Gasteiger partial charge in [-0.2, -0.15) is 4.98 Å². The van der Waals surface area contributed by atoms with Gasteiger partial charge in [-0.15, -0.1) is 5.10 Å². The first-order chi connectivity index (χ1) is 13.0. The largest absolute Gasteiger partial charge is 0.334 e. The van der Waals surface area contributed by atoms with Gasteiger partial charge in [-0.1, -0.05) is 44.2 Å². The molecule has 6 heteroatoms. The molecule has 4 aromatic rings. The van der Waals surface area contributed by atoms with Gasteiger partial charge in [0.1, 0.15) is 5.82 Å². The predicted octanol–water partition coefficient (Wildman–Crippen LogP) is 4.13. The summed E-state index contributed by atoms with van der Waals surface area (Å²) in [5.41, 5.74) is 4.10. The summed E-state index contributed by atoms with van der Waals surface area (Å²) < 4.78 is 3.82. The van der Waals surface area contributed by atoms with Crippen LogP contribution in [0.4, 0.5) is 0 Å². The first-order valence-electron chi connectivity index (χ1n) is 9.02. The van der Waals surface area contributed by atoms with Crippen LogP contribution in [0, 0.1) is 6.92 Å². The summed E-state index contributed by atoms with van der Waals surface area (Å²) in [7, 11) is 1.98. The number of hydrogen-bond donors (Lipinski definition) is 0. The van der Waals surface area contributed by atoms with Crippen molar-refractivity contribution in [2.45, 2.75) is 26.7 Å². The lowest BCUT2D eigenvalue weighted by atomic mass is 10.1. The monoisotopic (exact) mass is 358 g/mol. The molecule has 27 heavy (non-hydrogen) atoms. The minimum absolute atomic E-state index is 0.343. The molecule has 0 saturated carbocycles. The van der Waals surface area contributed by atoms with Crippen LogP contribution in [0.3, 0.4) is 0 Å². The number of benzene rings is 1. The molecule has 0 saturated heterocycles. The summed E-state index contributed by atoms with van der Waals surface area (Å²) in [6.07, 6.45) is 5.84. The van der Waals surface area contributed by atoms with Crippen LogP contribution in [0.1, 0.15) is 42.8 Å². The van der Waals surface area contributed by atoms with Crippen LogP contribution in [0.2, 0.25) is 0 Å². The Bertz CT molecular complexity index is 1120. The topological polar surface area (TPSA) is 60.9 Å². The fraction of sp³-hybridized carbons (Fsp3) is 0.238. The van der Waals surface area contributed by atoms with E-state index in [0.717, 1.165) is 28.5 Å². The maximum absolute atomic E-state index is 4.71. The summed E-state index contributed by atoms with van der Waals surface area (Å²) >= 11 is 0. The fourth-order valence-corrected chi connectivity index (χ4v) is 3.04. The van der Waals surface area contributed by atoms with Crippen molar-refractivity contribution in [3.63, 3.8) is 0 Å². The number of aromatic nitrogens is 6. The highest BCUT2D eigenvalue weighted by Gasteiger charge is 2.11. The van der Waals surface area contributed by atoms with Crippen LogP contribution in [0.15, 0.2) is 42.6 Å². The van der Waals surface area contributed by atoms with Crippen molar-refractivity contribution >= 4 is 17.9 Å². The van der Waals surface area contributed by atoms with Gasteiger partial charge < -0.3 is 4.57 Å². The molecule has 0 aliphatic carbocycles. The zero-order chi connectivity index (χ0) is 19.0. The molecular weight excluding hydrogens is 336 g/mol. The lowest BCUT2D eigenvalue weighted by Crippen LogP contribution is -2.03. The molecule has 1 aromatic carbocycles. The SMILES string of the molecule is Cc1cc(C(C)C)n2nc(C=Cc3nc(-c4ccccc4)cn3C)nc2n1. The molecule has 0 bridgehead atoms. The van der Waals surface area contributed by atoms with E-state index in [0.29, 0.717) is 17.5 Å². The second-order valence-electron chi connectivity index (χ2n) is 6.95. The van der Waals surface area contributed by atoms with E-state index in [4.69, 9.17) is 4.98 Å². The smallest absolute Gasteiger partial charge is 0.253 e. The summed E-state index contributed by atoms with van der Waals surface area (Å²) in [5, 5.41) is 4.60. The van der Waals surface area contributed by atoms with E-state index in [1.54, 1.807) is 0 Å². The predicted molar refractivity (Wildman–Crippen MR) is 107 cm³/mol. The minimum atomic E-state index is 0.343. The second kappa shape index (κ2) is 6.79. The van der Waals surface area contributed by atoms with Crippen LogP contribution < -0.4 is 0 Å². The van der Waals surface area contributed by atoms with Gasteiger partial charge >= 0.3 is 0 Å². The van der Waals surface area contributed by atoms with Crippen LogP contribution in [0.25, 0.3) is 29.2 Å². The Labute approximate surface area is 158 Å². The molecule has 0 radical (unpaired) electrons. The lowest BCUT2D eigenvalue weighted by molar-refractivity contribution is 0.744. The summed E-state index contributed by atoms with van der Waals surface area (Å²) in [6, 6.07) is 12.2. The number of imidazole rings is 1. The third-order valence-corrected chi connectivity index (χ3v) is 4.44. The van der Waals surface area contributed by atoms with Gasteiger partial charge in [0.2, 0.25) is 0 Å². The zero-order valence-electron chi connectivity index (χ0n) is 16.0. The van der Waals surface area contributed by atoms with Crippen molar-refractivity contribution in [1.82, 2.24) is 29.1 Å². The molecule has 0 N–H and O–H groups in total. The molecule has 0 aliphatic rings. The number of rotatable bonds is 4. The van der Waals surface area contributed by atoms with Crippen LogP contribution in [0.5, 0.6) is 0 Å². The van der Waals surface area contributed by atoms with E-state index < -0.39 is 0 Å². The molecule has 0 spiro atoms. The van der Waals surface area contributed by atoms with Crippen molar-refractivity contribution in [3.8, 4) is 11.3 Å². The summed E-state index contributed by atoms with van der Waals surface area (Å²) in [5.74, 6) is 2.44. The van der Waals surface area contributed by atoms with Crippen molar-refractivity contribution in [2.24, 2.45) is 7.05 Å². The Kier molecular flexibility index (Phi) is 4.32. The number of aryl methyl sites for hydroxylation is 2. The van der Waals surface area contributed by atoms with Crippen molar-refractivity contribution < 1.29 is 0 Å². The fourth-order valence-electron chi connectivity index (χ4n) is 3.04. The van der Waals surface area contributed by atoms with Crippen molar-refractivity contribution in [2.75, 3.05) is 0 Å². The van der Waals surface area contributed by atoms with Gasteiger partial charge in [0.25, 0.3) is 5.78 Å². The van der Waals surface area contributed by atoms with E-state index in [1.807, 2.05) is 59.6 Å². The Balaban J connectivity index is 1.67. The molecule has 136 valence electrons. The Morgan fingerprint density at radius 2 is 1.78 bits per heavy atom. The minimum Gasteiger partial charge on any atom is -0.334 e. The van der Waals surface area contributed by atoms with E-state index >= 15 is 0 Å². The number of hydrogen-bond acceptors (Lipinski definition) is 4. The van der Waals surface area contributed by atoms with Crippen molar-refractivity contribution in [3.05, 3.63) is 65.6 Å². The van der Waals surface area contributed by atoms with Crippen LogP contribution in [-0.4, -0.2) is 29.1 Å². The zero-order valence-corrected chi connectivity index (χ0v) is 16.0. The molecule has 6 nitrogen and oxygen atoms in total. The number of fused-ring (bicyclic) bond motifs is 1. The third-order valence-electron chi connectivity index (χ3n) is 4.44. The molecule has 3 aromatic heterocycles. The Morgan fingerprint density at radius 3 is 2.52 bits per heavy atom. The first-order valence-corrected chi connectivity index (χ1v) is 9.02. The normalized spacial score (nSPS) is 11.9. The lowest BCUT2D eigenvalue weighted by Gasteiger charge is -2.07. The number of nitrogens with zero attached hydrogens (tertiary/aromatic N) is 6. The quantitative estimate of drug-likeness (QED) is 0.550. The van der Waals surface area contributed by atoms with Crippen LogP contribution in [-0.2, 0) is 7.05 Å². The van der Waals surface area contributed by atoms with E-state index in [2.05, 4.69) is 47.1 Å². The average Bonchev–Trinajstić information content (AvgIpc) is 3.22. The molecule has 0 atom stereocenters. The highest BCUT2D eigenvalue weighted by molar-refractivity contribution is 5.67. The van der Waals surface area contributed by atoms with Crippen LogP contribution >= 0.6 is 0 Å². The van der Waals surface area contributed by atoms with Gasteiger partial charge in [-0.05, 0) is 31.1 Å². The Morgan fingerprint density at radius 1 is 1.00 bits per heavy atom. The van der Waals surface area contributed by atoms with Gasteiger partial charge in [-0.25, -0.2) is 14.5 Å². The first kappa shape index (κ1) is 17.1. The summed E-state index contributed by atoms with van der Waals surface area (Å²) in [4.78, 5) is 13.7. The van der Waals surface area contributed by atoms with Gasteiger partial charge in [0.05, 0.1) is 11.4 Å². The van der Waals surface area contributed by atoms with E-state index in [1.165, 1.54) is 0 Å². The van der Waals surface area contributed by atoms with E-state index in [-0.39, 0.29) is 0 Å². The molecule has 0 fully saturated rings. The van der Waals surface area contributed by atoms with Gasteiger partial charge in [0, 0.05) is 24.5 Å². The van der Waals surface area contributed by atoms with E-state index in [9.17, 15) is 0 Å². The highest BCUT2D eigenvalue weighted by atomic mass is 15.3. The summed E-state index contributed by atoms with van der Waals surface area (Å²) in [6.45, 7) is 6.27. The maximum atomic E-state index is 4.71. The van der Waals surface area contributed by atoms with Gasteiger partial charge in [-0.3, -0.25) is 0 Å². The third kappa shape index (κ3) is 3.38. The maximum Gasteiger partial charge on any atom is 0.253 e. The molecule has 3 heterocycles. The van der Waals surface area contributed by atoms with Crippen molar-refractivity contribution in [1.29, 1.82) is 0 Å². The molecule has 4 rings (SSSR count). The second-order valence-corrected chi connectivity index (χ2v) is 6.95. The highest BCUT2D eigenvalue weighted by Crippen LogP contribution is 2.19. The molecule has 0 amide bonds. The van der Waals surface area contributed by atoms with Gasteiger partial charge in [0.15, 0.2) is 5.82 Å². The average molecular weight is 358 g/mol.